The van der Waals surface area contributed by atoms with Gasteiger partial charge in [-0.2, -0.15) is 14.0 Å². The Kier molecular flexibility index (Phi) is 5.02. The van der Waals surface area contributed by atoms with Crippen molar-refractivity contribution in [2.75, 3.05) is 5.32 Å². The van der Waals surface area contributed by atoms with Crippen LogP contribution in [0, 0.1) is 11.3 Å². The molecule has 0 saturated carbocycles. The van der Waals surface area contributed by atoms with Gasteiger partial charge in [-0.05, 0) is 30.3 Å². The molecule has 20 heavy (non-hydrogen) atoms. The largest absolute Gasteiger partial charge is 0.463 e. The molecule has 0 aliphatic heterocycles. The van der Waals surface area contributed by atoms with E-state index in [2.05, 4.69) is 11.4 Å². The van der Waals surface area contributed by atoms with Crippen LogP contribution in [0.15, 0.2) is 40.8 Å². The maximum atomic E-state index is 12.1. The van der Waals surface area contributed by atoms with Gasteiger partial charge in [-0.3, -0.25) is 0 Å². The first kappa shape index (κ1) is 14.4. The molecule has 0 aliphatic carbocycles. The minimum atomic E-state index is -2.39. The van der Waals surface area contributed by atoms with Crippen molar-refractivity contribution >= 4 is 17.4 Å². The second-order valence-electron chi connectivity index (χ2n) is 3.99. The van der Waals surface area contributed by atoms with E-state index in [0.717, 1.165) is 5.69 Å². The summed E-state index contributed by atoms with van der Waals surface area (Å²) in [4.78, 5) is 0. The summed E-state index contributed by atoms with van der Waals surface area (Å²) in [7, 11) is 0. The molecule has 0 radical (unpaired) electrons. The van der Waals surface area contributed by atoms with Crippen LogP contribution in [-0.2, 0) is 12.3 Å². The number of hydrogen-bond acceptors (Lipinski definition) is 4. The van der Waals surface area contributed by atoms with Gasteiger partial charge < -0.3 is 9.73 Å². The smallest absolute Gasteiger partial charge is 0.284 e. The number of nitrogens with zero attached hydrogens (tertiary/aromatic N) is 1. The van der Waals surface area contributed by atoms with Gasteiger partial charge in [0.25, 0.3) is 5.76 Å². The Morgan fingerprint density at radius 2 is 2.05 bits per heavy atom. The molecule has 0 unspecified atom stereocenters. The molecule has 1 aromatic carbocycles. The van der Waals surface area contributed by atoms with Gasteiger partial charge in [0.2, 0.25) is 0 Å². The van der Waals surface area contributed by atoms with Crippen LogP contribution in [-0.4, -0.2) is 5.76 Å². The molecule has 2 aromatic rings. The summed E-state index contributed by atoms with van der Waals surface area (Å²) in [6.07, 6.45) is 0. The van der Waals surface area contributed by atoms with Gasteiger partial charge in [-0.15, -0.1) is 0 Å². The fraction of sp³-hybridized carbons (Fsp3) is 0.214. The monoisotopic (exact) mass is 294 g/mol. The number of rotatable bonds is 6. The first-order chi connectivity index (χ1) is 9.67. The summed E-state index contributed by atoms with van der Waals surface area (Å²) in [5.41, 5.74) is 1.38. The average molecular weight is 294 g/mol. The van der Waals surface area contributed by atoms with Gasteiger partial charge in [0.05, 0.1) is 23.9 Å². The highest BCUT2D eigenvalue weighted by Crippen LogP contribution is 2.21. The fourth-order valence-electron chi connectivity index (χ4n) is 1.63. The van der Waals surface area contributed by atoms with Crippen molar-refractivity contribution in [2.24, 2.45) is 0 Å². The van der Waals surface area contributed by atoms with Gasteiger partial charge in [0.15, 0.2) is 0 Å². The molecular formula is C14H12F2N2OS. The Morgan fingerprint density at radius 1 is 1.25 bits per heavy atom. The van der Waals surface area contributed by atoms with Crippen LogP contribution < -0.4 is 5.32 Å². The number of benzene rings is 1. The maximum Gasteiger partial charge on any atom is 0.284 e. The van der Waals surface area contributed by atoms with Gasteiger partial charge in [-0.25, -0.2) is 0 Å². The van der Waals surface area contributed by atoms with Crippen LogP contribution in [0.4, 0.5) is 14.5 Å². The number of anilines is 1. The van der Waals surface area contributed by atoms with Crippen molar-refractivity contribution in [3.63, 3.8) is 0 Å². The summed E-state index contributed by atoms with van der Waals surface area (Å²) in [6.45, 7) is 0.439. The highest BCUT2D eigenvalue weighted by Gasteiger charge is 2.07. The minimum absolute atomic E-state index is 0.154. The number of nitriles is 1. The standard InChI is InChI=1S/C14H12F2N2OS/c15-14(16)20-9-13-5-4-12(19-13)8-18-11-3-1-2-10(6-11)7-17/h1-6,14,18H,8-9H2. The number of alkyl halides is 2. The van der Waals surface area contributed by atoms with E-state index in [4.69, 9.17) is 9.68 Å². The predicted octanol–water partition coefficient (Wildman–Crippen LogP) is 4.22. The van der Waals surface area contributed by atoms with Crippen LogP contribution in [0.3, 0.4) is 0 Å². The molecule has 1 N–H and O–H groups in total. The Morgan fingerprint density at radius 3 is 2.80 bits per heavy atom. The Balaban J connectivity index is 1.89. The van der Waals surface area contributed by atoms with E-state index in [1.165, 1.54) is 0 Å². The molecule has 1 heterocycles. The molecule has 0 aliphatic rings. The number of halogens is 2. The van der Waals surface area contributed by atoms with Crippen molar-refractivity contribution in [1.29, 1.82) is 5.26 Å². The Bertz CT molecular complexity index is 607. The average Bonchev–Trinajstić information content (AvgIpc) is 2.91. The first-order valence-electron chi connectivity index (χ1n) is 5.89. The maximum absolute atomic E-state index is 12.1. The molecule has 6 heteroatoms. The summed E-state index contributed by atoms with van der Waals surface area (Å²) in [5, 5.41) is 11.9. The first-order valence-corrected chi connectivity index (χ1v) is 6.93. The van der Waals surface area contributed by atoms with Gasteiger partial charge in [-0.1, -0.05) is 17.8 Å². The number of hydrogen-bond donors (Lipinski definition) is 1. The summed E-state index contributed by atoms with van der Waals surface area (Å²) >= 11 is 0.534. The molecule has 2 rings (SSSR count). The van der Waals surface area contributed by atoms with Crippen molar-refractivity contribution in [1.82, 2.24) is 0 Å². The zero-order valence-corrected chi connectivity index (χ0v) is 11.3. The third-order valence-corrected chi connectivity index (χ3v) is 3.23. The minimum Gasteiger partial charge on any atom is -0.463 e. The van der Waals surface area contributed by atoms with Crippen LogP contribution in [0.25, 0.3) is 0 Å². The van der Waals surface area contributed by atoms with E-state index in [0.29, 0.717) is 35.4 Å². The lowest BCUT2D eigenvalue weighted by molar-refractivity contribution is 0.251. The second-order valence-corrected chi connectivity index (χ2v) is 4.96. The van der Waals surface area contributed by atoms with E-state index in [-0.39, 0.29) is 5.75 Å². The van der Waals surface area contributed by atoms with E-state index in [1.54, 1.807) is 30.3 Å². The van der Waals surface area contributed by atoms with Crippen LogP contribution in [0.5, 0.6) is 0 Å². The van der Waals surface area contributed by atoms with Gasteiger partial charge >= 0.3 is 0 Å². The van der Waals surface area contributed by atoms with Crippen LogP contribution in [0.1, 0.15) is 17.1 Å². The molecule has 0 amide bonds. The van der Waals surface area contributed by atoms with Crippen molar-refractivity contribution in [2.45, 2.75) is 18.1 Å². The second kappa shape index (κ2) is 6.96. The molecular weight excluding hydrogens is 282 g/mol. The Hall–Kier alpha value is -2.00. The highest BCUT2D eigenvalue weighted by atomic mass is 32.2. The quantitative estimate of drug-likeness (QED) is 0.866. The molecule has 0 saturated heterocycles. The number of thioether (sulfide) groups is 1. The lowest BCUT2D eigenvalue weighted by atomic mass is 10.2. The molecule has 1 aromatic heterocycles. The Labute approximate surface area is 119 Å². The highest BCUT2D eigenvalue weighted by molar-refractivity contribution is 7.98. The summed E-state index contributed by atoms with van der Waals surface area (Å²) < 4.78 is 29.5. The normalized spacial score (nSPS) is 10.5. The van der Waals surface area contributed by atoms with Crippen LogP contribution in [0.2, 0.25) is 0 Å². The van der Waals surface area contributed by atoms with E-state index in [1.807, 2.05) is 6.07 Å². The third-order valence-electron chi connectivity index (χ3n) is 2.53. The van der Waals surface area contributed by atoms with Crippen molar-refractivity contribution in [3.05, 3.63) is 53.5 Å². The third kappa shape index (κ3) is 4.28. The zero-order valence-electron chi connectivity index (χ0n) is 10.5. The lowest BCUT2D eigenvalue weighted by Crippen LogP contribution is -1.98. The lowest BCUT2D eigenvalue weighted by Gasteiger charge is -2.04. The van der Waals surface area contributed by atoms with E-state index < -0.39 is 5.76 Å². The topological polar surface area (TPSA) is 49.0 Å². The molecule has 0 spiro atoms. The SMILES string of the molecule is N#Cc1cccc(NCc2ccc(CSC(F)F)o2)c1. The molecule has 0 fully saturated rings. The molecule has 104 valence electrons. The number of furan rings is 1. The fourth-order valence-corrected chi connectivity index (χ4v) is 2.07. The predicted molar refractivity (Wildman–Crippen MR) is 74.5 cm³/mol. The van der Waals surface area contributed by atoms with E-state index in [9.17, 15) is 8.78 Å². The summed E-state index contributed by atoms with van der Waals surface area (Å²) in [6, 6.07) is 12.6. The van der Waals surface area contributed by atoms with Gasteiger partial charge in [0, 0.05) is 5.69 Å². The van der Waals surface area contributed by atoms with Crippen molar-refractivity contribution < 1.29 is 13.2 Å². The van der Waals surface area contributed by atoms with Crippen LogP contribution >= 0.6 is 11.8 Å². The van der Waals surface area contributed by atoms with E-state index >= 15 is 0 Å². The van der Waals surface area contributed by atoms with Gasteiger partial charge in [0.1, 0.15) is 11.5 Å². The summed E-state index contributed by atoms with van der Waals surface area (Å²) in [5.74, 6) is -1.05. The molecule has 0 atom stereocenters. The van der Waals surface area contributed by atoms with Crippen molar-refractivity contribution in [3.8, 4) is 6.07 Å². The molecule has 0 bridgehead atoms. The molecule has 3 nitrogen and oxygen atoms in total. The zero-order chi connectivity index (χ0) is 14.4. The number of nitrogens with one attached hydrogen (secondary N) is 1.